The molecule has 0 spiro atoms. The van der Waals surface area contributed by atoms with E-state index < -0.39 is 28.0 Å². The van der Waals surface area contributed by atoms with Gasteiger partial charge in [0.05, 0.1) is 28.8 Å². The number of hydrogen-bond acceptors (Lipinski definition) is 8. The minimum atomic E-state index is -3.54. The van der Waals surface area contributed by atoms with E-state index in [2.05, 4.69) is 15.4 Å². The number of amides is 1. The van der Waals surface area contributed by atoms with Crippen LogP contribution in [0.2, 0.25) is 5.02 Å². The number of carbonyl (C=O) groups excluding carboxylic acids is 1. The Hall–Kier alpha value is -3.58. The largest absolute Gasteiger partial charge is 0.506 e. The summed E-state index contributed by atoms with van der Waals surface area (Å²) in [5.41, 5.74) is 1.99. The maximum Gasteiger partial charge on any atom is 0.411 e. The van der Waals surface area contributed by atoms with Crippen LogP contribution in [0.25, 0.3) is 11.1 Å². The molecule has 1 amide bonds. The molecule has 0 bridgehead atoms. The first kappa shape index (κ1) is 42.2. The van der Waals surface area contributed by atoms with Crippen molar-refractivity contribution in [3.05, 3.63) is 71.0 Å². The summed E-state index contributed by atoms with van der Waals surface area (Å²) in [7, 11) is -3.54. The van der Waals surface area contributed by atoms with E-state index in [0.717, 1.165) is 57.7 Å². The molecule has 292 valence electrons. The van der Waals surface area contributed by atoms with Gasteiger partial charge in [-0.15, -0.1) is 0 Å². The van der Waals surface area contributed by atoms with E-state index in [9.17, 15) is 32.9 Å². The third-order valence-electron chi connectivity index (χ3n) is 9.79. The maximum absolute atomic E-state index is 14.1. The van der Waals surface area contributed by atoms with Gasteiger partial charge in [0.15, 0.2) is 0 Å². The van der Waals surface area contributed by atoms with Gasteiger partial charge in [-0.1, -0.05) is 87.9 Å². The first-order chi connectivity index (χ1) is 25.4. The molecule has 3 atom stereocenters. The molecule has 0 saturated heterocycles. The topological polar surface area (TPSA) is 157 Å². The third-order valence-corrected chi connectivity index (χ3v) is 10.7. The molecule has 0 heterocycles. The van der Waals surface area contributed by atoms with Gasteiger partial charge in [0.2, 0.25) is 10.0 Å². The molecule has 4 rings (SSSR count). The summed E-state index contributed by atoms with van der Waals surface area (Å²) in [5.74, 6) is -0.0703. The fourth-order valence-corrected chi connectivity index (χ4v) is 7.64. The maximum atomic E-state index is 14.1. The number of sulfonamides is 1. The third kappa shape index (κ3) is 15.0. The van der Waals surface area contributed by atoms with Crippen LogP contribution in [-0.2, 0) is 14.8 Å². The van der Waals surface area contributed by atoms with Gasteiger partial charge in [-0.25, -0.2) is 17.6 Å². The first-order valence-electron chi connectivity index (χ1n) is 18.8. The highest BCUT2D eigenvalue weighted by Gasteiger charge is 2.22. The molecule has 1 aliphatic carbocycles. The number of aliphatic hydroxyl groups is 1. The molecule has 53 heavy (non-hydrogen) atoms. The predicted molar refractivity (Wildman–Crippen MR) is 210 cm³/mol. The molecular formula is C40H55ClFN3O7S. The van der Waals surface area contributed by atoms with Crippen LogP contribution in [0, 0.1) is 11.7 Å². The Labute approximate surface area is 318 Å². The molecule has 3 aromatic rings. The lowest BCUT2D eigenvalue weighted by Crippen LogP contribution is -2.22. The second-order valence-corrected chi connectivity index (χ2v) is 16.4. The van der Waals surface area contributed by atoms with Gasteiger partial charge in [-0.3, -0.25) is 10.0 Å². The van der Waals surface area contributed by atoms with Crippen LogP contribution in [0.15, 0.2) is 54.6 Å². The zero-order valence-electron chi connectivity index (χ0n) is 30.6. The number of nitrogens with one attached hydrogen (secondary N) is 3. The molecular weight excluding hydrogens is 721 g/mol. The van der Waals surface area contributed by atoms with Crippen molar-refractivity contribution in [2.24, 2.45) is 5.92 Å². The second kappa shape index (κ2) is 21.3. The molecule has 1 saturated carbocycles. The minimum absolute atomic E-state index is 0.0506. The van der Waals surface area contributed by atoms with Gasteiger partial charge in [-0.05, 0) is 98.2 Å². The molecule has 10 nitrogen and oxygen atoms in total. The highest BCUT2D eigenvalue weighted by atomic mass is 35.5. The highest BCUT2D eigenvalue weighted by Crippen LogP contribution is 2.35. The Kier molecular flexibility index (Phi) is 17.0. The average Bonchev–Trinajstić information content (AvgIpc) is 3.33. The second-order valence-electron chi connectivity index (χ2n) is 14.2. The molecule has 6 N–H and O–H groups in total. The van der Waals surface area contributed by atoms with Crippen molar-refractivity contribution in [2.45, 2.75) is 109 Å². The van der Waals surface area contributed by atoms with Gasteiger partial charge in [0.1, 0.15) is 23.4 Å². The Morgan fingerprint density at radius 2 is 1.57 bits per heavy atom. The van der Waals surface area contributed by atoms with Crippen LogP contribution in [0.4, 0.5) is 20.6 Å². The van der Waals surface area contributed by atoms with Crippen LogP contribution in [0.5, 0.6) is 11.5 Å². The van der Waals surface area contributed by atoms with Crippen LogP contribution < -0.4 is 15.4 Å². The van der Waals surface area contributed by atoms with Crippen molar-refractivity contribution in [3.8, 4) is 22.6 Å². The molecule has 0 aliphatic heterocycles. The Bertz CT molecular complexity index is 1730. The number of ether oxygens (including phenoxy) is 1. The quantitative estimate of drug-likeness (QED) is 0.0376. The fourth-order valence-electron chi connectivity index (χ4n) is 6.90. The molecule has 1 fully saturated rings. The average molecular weight is 776 g/mol. The number of phenols is 2. The summed E-state index contributed by atoms with van der Waals surface area (Å²) in [4.78, 5) is 12.8. The van der Waals surface area contributed by atoms with E-state index in [1.54, 1.807) is 12.1 Å². The van der Waals surface area contributed by atoms with E-state index in [0.29, 0.717) is 34.8 Å². The van der Waals surface area contributed by atoms with Crippen molar-refractivity contribution in [1.82, 2.24) is 5.32 Å². The van der Waals surface area contributed by atoms with Crippen molar-refractivity contribution in [2.75, 3.05) is 29.4 Å². The van der Waals surface area contributed by atoms with Crippen LogP contribution in [0.3, 0.4) is 0 Å². The number of carbonyl (C=O) groups is 1. The van der Waals surface area contributed by atoms with Crippen LogP contribution in [0.1, 0.15) is 108 Å². The lowest BCUT2D eigenvalue weighted by Gasteiger charge is -2.18. The highest BCUT2D eigenvalue weighted by molar-refractivity contribution is 7.92. The number of halogens is 2. The minimum Gasteiger partial charge on any atom is -0.506 e. The SMILES string of the molecule is CS(=O)(=O)Nc1cc([C@@H](O)CNCCCCCCCCCCCC2CCCC(OC(=O)Nc3ccc(F)cc3-c3ccc(O)c(Cl)c3)CC2)ccc1O. The summed E-state index contributed by atoms with van der Waals surface area (Å²) in [6.45, 7) is 1.13. The standard InChI is InChI=1S/C40H55ClFN3O7S/c1-53(50,51)45-36-25-30(17-22-38(36)47)39(48)27-43-23-10-8-6-4-2-3-5-7-9-12-28-13-11-14-32(19-15-28)52-40(49)44-35-20-18-31(42)26-33(35)29-16-21-37(46)34(41)24-29/h16-18,20-22,24-26,28,32,39,43,45-48H,2-15,19,23,27H2,1H3,(H,44,49)/t28?,32?,39-/m0/s1. The van der Waals surface area contributed by atoms with Gasteiger partial charge < -0.3 is 25.4 Å². The van der Waals surface area contributed by atoms with Gasteiger partial charge in [-0.2, -0.15) is 0 Å². The number of rotatable bonds is 20. The number of phenolic OH excluding ortho intramolecular Hbond substituents is 2. The summed E-state index contributed by atoms with van der Waals surface area (Å²) in [6, 6.07) is 13.1. The number of aliphatic hydroxyl groups excluding tert-OH is 1. The van der Waals surface area contributed by atoms with Crippen molar-refractivity contribution < 1.29 is 37.7 Å². The molecule has 0 radical (unpaired) electrons. The summed E-state index contributed by atoms with van der Waals surface area (Å²) in [6.07, 6.45) is 16.3. The summed E-state index contributed by atoms with van der Waals surface area (Å²) < 4.78 is 45.1. The molecule has 0 aromatic heterocycles. The van der Waals surface area contributed by atoms with Crippen molar-refractivity contribution in [1.29, 1.82) is 0 Å². The molecule has 3 aromatic carbocycles. The van der Waals surface area contributed by atoms with E-state index in [1.165, 1.54) is 93.8 Å². The monoisotopic (exact) mass is 775 g/mol. The number of unbranched alkanes of at least 4 members (excludes halogenated alkanes) is 8. The molecule has 13 heteroatoms. The van der Waals surface area contributed by atoms with E-state index >= 15 is 0 Å². The van der Waals surface area contributed by atoms with E-state index in [1.807, 2.05) is 0 Å². The number of aromatic hydroxyl groups is 2. The number of anilines is 2. The first-order valence-corrected chi connectivity index (χ1v) is 21.1. The normalized spacial score (nSPS) is 16.8. The number of hydrogen-bond donors (Lipinski definition) is 6. The van der Waals surface area contributed by atoms with Gasteiger partial charge in [0, 0.05) is 12.1 Å². The summed E-state index contributed by atoms with van der Waals surface area (Å²) in [5, 5.41) is 36.3. The number of benzene rings is 3. The predicted octanol–water partition coefficient (Wildman–Crippen LogP) is 9.65. The Balaban J connectivity index is 1.01. The van der Waals surface area contributed by atoms with Crippen LogP contribution in [-0.4, -0.2) is 55.3 Å². The zero-order valence-corrected chi connectivity index (χ0v) is 32.2. The fraction of sp³-hybridized carbons (Fsp3) is 0.525. The van der Waals surface area contributed by atoms with Gasteiger partial charge >= 0.3 is 6.09 Å². The summed E-state index contributed by atoms with van der Waals surface area (Å²) >= 11 is 6.06. The lowest BCUT2D eigenvalue weighted by molar-refractivity contribution is 0.100. The van der Waals surface area contributed by atoms with Crippen molar-refractivity contribution in [3.63, 3.8) is 0 Å². The van der Waals surface area contributed by atoms with Crippen LogP contribution >= 0.6 is 11.6 Å². The smallest absolute Gasteiger partial charge is 0.411 e. The molecule has 1 aliphatic rings. The molecule has 2 unspecified atom stereocenters. The van der Waals surface area contributed by atoms with Crippen molar-refractivity contribution >= 4 is 39.1 Å². The van der Waals surface area contributed by atoms with E-state index in [-0.39, 0.29) is 28.3 Å². The zero-order chi connectivity index (χ0) is 38.2. The van der Waals surface area contributed by atoms with Gasteiger partial charge in [0.25, 0.3) is 0 Å². The Morgan fingerprint density at radius 3 is 2.28 bits per heavy atom. The lowest BCUT2D eigenvalue weighted by atomic mass is 9.93. The Morgan fingerprint density at radius 1 is 0.868 bits per heavy atom. The van der Waals surface area contributed by atoms with E-state index in [4.69, 9.17) is 16.3 Å².